The van der Waals surface area contributed by atoms with Gasteiger partial charge in [-0.05, 0) is 36.1 Å². The van der Waals surface area contributed by atoms with E-state index in [4.69, 9.17) is 4.74 Å². The van der Waals surface area contributed by atoms with E-state index in [1.165, 1.54) is 17.6 Å². The van der Waals surface area contributed by atoms with Crippen LogP contribution < -0.4 is 4.90 Å². The predicted molar refractivity (Wildman–Crippen MR) is 142 cm³/mol. The zero-order chi connectivity index (χ0) is 23.4. The molecule has 34 heavy (non-hydrogen) atoms. The van der Waals surface area contributed by atoms with E-state index in [0.29, 0.717) is 42.5 Å². The summed E-state index contributed by atoms with van der Waals surface area (Å²) in [5.41, 5.74) is 1.01. The second-order valence-electron chi connectivity index (χ2n) is 7.74. The van der Waals surface area contributed by atoms with Crippen molar-refractivity contribution in [2.24, 2.45) is 0 Å². The van der Waals surface area contributed by atoms with E-state index in [1.54, 1.807) is 28.8 Å². The number of anilines is 1. The van der Waals surface area contributed by atoms with Crippen LogP contribution in [-0.2, 0) is 14.6 Å². The quantitative estimate of drug-likeness (QED) is 0.395. The van der Waals surface area contributed by atoms with Gasteiger partial charge in [-0.1, -0.05) is 30.4 Å². The van der Waals surface area contributed by atoms with E-state index in [0.717, 1.165) is 28.4 Å². The topological polar surface area (TPSA) is 79.8 Å². The molecule has 1 aliphatic heterocycles. The lowest BCUT2D eigenvalue weighted by molar-refractivity contribution is 0.0391. The first kappa shape index (κ1) is 26.9. The fraction of sp³-hybridized carbons (Fsp3) is 0.391. The van der Waals surface area contributed by atoms with Gasteiger partial charge in [0.15, 0.2) is 15.0 Å². The van der Waals surface area contributed by atoms with Crippen LogP contribution in [0.5, 0.6) is 0 Å². The summed E-state index contributed by atoms with van der Waals surface area (Å²) < 4.78 is 30.7. The first-order chi connectivity index (χ1) is 15.9. The molecular weight excluding hydrogens is 514 g/mol. The van der Waals surface area contributed by atoms with E-state index in [1.807, 2.05) is 30.3 Å². The van der Waals surface area contributed by atoms with Crippen molar-refractivity contribution >= 4 is 66.6 Å². The highest BCUT2D eigenvalue weighted by molar-refractivity contribution is 7.99. The number of carbonyl (C=O) groups excluding carboxylic acids is 1. The second-order valence-corrected chi connectivity index (χ2v) is 12.1. The number of hydrogen-bond donors (Lipinski definition) is 0. The van der Waals surface area contributed by atoms with E-state index in [2.05, 4.69) is 16.8 Å². The zero-order valence-electron chi connectivity index (χ0n) is 19.1. The minimum Gasteiger partial charge on any atom is -0.379 e. The molecule has 0 N–H and O–H groups in total. The van der Waals surface area contributed by atoms with Crippen LogP contribution in [0.1, 0.15) is 17.3 Å². The van der Waals surface area contributed by atoms with Gasteiger partial charge in [-0.15, -0.1) is 24.2 Å². The Morgan fingerprint density at radius 1 is 1.21 bits per heavy atom. The average molecular weight is 542 g/mol. The van der Waals surface area contributed by atoms with Crippen molar-refractivity contribution in [2.75, 3.05) is 56.3 Å². The summed E-state index contributed by atoms with van der Waals surface area (Å²) >= 11 is 3.03. The molecule has 11 heteroatoms. The first-order valence-electron chi connectivity index (χ1n) is 10.8. The summed E-state index contributed by atoms with van der Waals surface area (Å²) in [7, 11) is -3.44. The maximum atomic E-state index is 13.7. The van der Waals surface area contributed by atoms with Crippen molar-refractivity contribution in [3.05, 3.63) is 48.0 Å². The van der Waals surface area contributed by atoms with Crippen LogP contribution in [0.3, 0.4) is 0 Å². The SMILES string of the molecule is CCSc1cccc(C(=O)N(CCN2CCOCC2)c2nc3c(S(C)(=O)=O)cccc3s2)c1.Cl. The van der Waals surface area contributed by atoms with Crippen LogP contribution >= 0.6 is 35.5 Å². The molecule has 1 saturated heterocycles. The Hall–Kier alpha value is -1.69. The highest BCUT2D eigenvalue weighted by Crippen LogP contribution is 2.33. The molecule has 184 valence electrons. The number of amides is 1. The van der Waals surface area contributed by atoms with Crippen molar-refractivity contribution < 1.29 is 17.9 Å². The third-order valence-corrected chi connectivity index (χ3v) is 8.43. The fourth-order valence-corrected chi connectivity index (χ4v) is 6.35. The number of halogens is 1. The third-order valence-electron chi connectivity index (χ3n) is 5.38. The van der Waals surface area contributed by atoms with Crippen LogP contribution in [0.15, 0.2) is 52.3 Å². The van der Waals surface area contributed by atoms with E-state index >= 15 is 0 Å². The Bertz CT molecular complexity index is 1240. The summed E-state index contributed by atoms with van der Waals surface area (Å²) in [6.45, 7) is 6.23. The maximum Gasteiger partial charge on any atom is 0.260 e. The van der Waals surface area contributed by atoms with Gasteiger partial charge in [0.25, 0.3) is 5.91 Å². The van der Waals surface area contributed by atoms with Gasteiger partial charge < -0.3 is 4.74 Å². The molecule has 0 unspecified atom stereocenters. The Labute approximate surface area is 214 Å². The molecule has 0 bridgehead atoms. The zero-order valence-corrected chi connectivity index (χ0v) is 22.4. The van der Waals surface area contributed by atoms with Gasteiger partial charge in [0.05, 0.1) is 22.8 Å². The van der Waals surface area contributed by atoms with Crippen molar-refractivity contribution in [3.63, 3.8) is 0 Å². The standard InChI is InChI=1S/C23H27N3O4S3.ClH/c1-3-31-18-7-4-6-17(16-18)22(27)26(11-10-25-12-14-30-15-13-25)23-24-21-19(32-23)8-5-9-20(21)33(2,28)29;/h4-9,16H,3,10-15H2,1-2H3;1H. The number of sulfone groups is 1. The molecule has 0 atom stereocenters. The van der Waals surface area contributed by atoms with Crippen LogP contribution in [0, 0.1) is 0 Å². The van der Waals surface area contributed by atoms with Gasteiger partial charge in [-0.25, -0.2) is 13.4 Å². The Balaban J connectivity index is 0.00000324. The van der Waals surface area contributed by atoms with Gasteiger partial charge in [-0.3, -0.25) is 14.6 Å². The molecule has 3 aromatic rings. The molecular formula is C23H28ClN3O4S3. The molecule has 1 aliphatic rings. The molecule has 2 aromatic carbocycles. The van der Waals surface area contributed by atoms with Crippen LogP contribution in [0.4, 0.5) is 5.13 Å². The van der Waals surface area contributed by atoms with Gasteiger partial charge in [-0.2, -0.15) is 0 Å². The minimum absolute atomic E-state index is 0. The summed E-state index contributed by atoms with van der Waals surface area (Å²) in [5, 5.41) is 0.507. The second kappa shape index (κ2) is 11.8. The number of benzene rings is 2. The summed E-state index contributed by atoms with van der Waals surface area (Å²) in [5.74, 6) is 0.784. The Kier molecular flexibility index (Phi) is 9.36. The predicted octanol–water partition coefficient (Wildman–Crippen LogP) is 4.21. The lowest BCUT2D eigenvalue weighted by atomic mass is 10.2. The Morgan fingerprint density at radius 2 is 1.94 bits per heavy atom. The van der Waals surface area contributed by atoms with Crippen LogP contribution in [0.25, 0.3) is 10.2 Å². The number of para-hydroxylation sites is 1. The highest BCUT2D eigenvalue weighted by Gasteiger charge is 2.25. The fourth-order valence-electron chi connectivity index (χ4n) is 3.72. The molecule has 1 amide bonds. The molecule has 1 fully saturated rings. The molecule has 0 radical (unpaired) electrons. The molecule has 1 aromatic heterocycles. The molecule has 7 nitrogen and oxygen atoms in total. The van der Waals surface area contributed by atoms with Crippen molar-refractivity contribution in [3.8, 4) is 0 Å². The number of thiazole rings is 1. The molecule has 4 rings (SSSR count). The monoisotopic (exact) mass is 541 g/mol. The average Bonchev–Trinajstić information content (AvgIpc) is 3.23. The smallest absolute Gasteiger partial charge is 0.260 e. The number of rotatable bonds is 8. The number of aromatic nitrogens is 1. The minimum atomic E-state index is -3.44. The van der Waals surface area contributed by atoms with Gasteiger partial charge in [0, 0.05) is 42.9 Å². The highest BCUT2D eigenvalue weighted by atomic mass is 35.5. The van der Waals surface area contributed by atoms with Crippen molar-refractivity contribution in [2.45, 2.75) is 16.7 Å². The third kappa shape index (κ3) is 6.30. The number of hydrogen-bond acceptors (Lipinski definition) is 8. The molecule has 2 heterocycles. The summed E-state index contributed by atoms with van der Waals surface area (Å²) in [6, 6.07) is 12.7. The molecule has 0 aliphatic carbocycles. The number of carbonyl (C=O) groups is 1. The van der Waals surface area contributed by atoms with Crippen molar-refractivity contribution in [1.29, 1.82) is 0 Å². The molecule has 0 spiro atoms. The van der Waals surface area contributed by atoms with Gasteiger partial charge in [0.2, 0.25) is 0 Å². The summed E-state index contributed by atoms with van der Waals surface area (Å²) in [6.07, 6.45) is 1.18. The van der Waals surface area contributed by atoms with Gasteiger partial charge in [0.1, 0.15) is 5.52 Å². The number of morpholine rings is 1. The first-order valence-corrected chi connectivity index (χ1v) is 14.5. The lowest BCUT2D eigenvalue weighted by Crippen LogP contribution is -2.43. The van der Waals surface area contributed by atoms with Crippen LogP contribution in [-0.4, -0.2) is 75.6 Å². The number of fused-ring (bicyclic) bond motifs is 1. The van der Waals surface area contributed by atoms with E-state index in [-0.39, 0.29) is 23.2 Å². The number of thioether (sulfide) groups is 1. The Morgan fingerprint density at radius 3 is 2.65 bits per heavy atom. The largest absolute Gasteiger partial charge is 0.379 e. The lowest BCUT2D eigenvalue weighted by Gasteiger charge is -2.29. The normalized spacial score (nSPS) is 14.6. The van der Waals surface area contributed by atoms with Crippen molar-refractivity contribution in [1.82, 2.24) is 9.88 Å². The number of nitrogens with zero attached hydrogens (tertiary/aromatic N) is 3. The maximum absolute atomic E-state index is 13.7. The van der Waals surface area contributed by atoms with Gasteiger partial charge >= 0.3 is 0 Å². The summed E-state index contributed by atoms with van der Waals surface area (Å²) in [4.78, 5) is 23.5. The van der Waals surface area contributed by atoms with E-state index < -0.39 is 9.84 Å². The van der Waals surface area contributed by atoms with Crippen LogP contribution in [0.2, 0.25) is 0 Å². The van der Waals surface area contributed by atoms with E-state index in [9.17, 15) is 13.2 Å². The number of ether oxygens (including phenoxy) is 1. The molecule has 0 saturated carbocycles.